The van der Waals surface area contributed by atoms with E-state index in [1.807, 2.05) is 52.0 Å². The number of pyridine rings is 1. The first-order valence-electron chi connectivity index (χ1n) is 11.3. The molecule has 1 fully saturated rings. The Hall–Kier alpha value is -3.80. The molecular formula is C25H32N6O3. The third kappa shape index (κ3) is 6.16. The minimum absolute atomic E-state index is 0.0755. The van der Waals surface area contributed by atoms with Crippen LogP contribution in [0.1, 0.15) is 51.2 Å². The van der Waals surface area contributed by atoms with Crippen molar-refractivity contribution in [3.05, 3.63) is 58.0 Å². The Morgan fingerprint density at radius 2 is 1.91 bits per heavy atom. The molecule has 1 aliphatic rings. The van der Waals surface area contributed by atoms with Gasteiger partial charge < -0.3 is 25.7 Å². The summed E-state index contributed by atoms with van der Waals surface area (Å²) < 4.78 is 5.48. The summed E-state index contributed by atoms with van der Waals surface area (Å²) in [7, 11) is 0. The number of hydrogen-bond donors (Lipinski definition) is 3. The van der Waals surface area contributed by atoms with Crippen LogP contribution >= 0.6 is 0 Å². The first-order chi connectivity index (χ1) is 16.0. The van der Waals surface area contributed by atoms with Gasteiger partial charge in [-0.25, -0.2) is 9.79 Å². The van der Waals surface area contributed by atoms with Crippen molar-refractivity contribution in [2.75, 3.05) is 18.4 Å². The SMILES string of the molecule is Cc1ccc(N=C(N)c2c(NC3(CC#N)CCN(C(=O)OC(C)(C)C)CC3)cc[nH]c2=O)cc1. The van der Waals surface area contributed by atoms with Crippen LogP contribution < -0.4 is 16.6 Å². The molecule has 180 valence electrons. The van der Waals surface area contributed by atoms with Gasteiger partial charge in [-0.3, -0.25) is 4.79 Å². The molecule has 34 heavy (non-hydrogen) atoms. The Kier molecular flexibility index (Phi) is 7.30. The minimum Gasteiger partial charge on any atom is -0.444 e. The molecule has 1 aromatic heterocycles. The summed E-state index contributed by atoms with van der Waals surface area (Å²) in [6, 6.07) is 11.5. The number of benzene rings is 1. The van der Waals surface area contributed by atoms with Crippen LogP contribution in [0, 0.1) is 18.3 Å². The van der Waals surface area contributed by atoms with E-state index in [2.05, 4.69) is 21.4 Å². The first kappa shape index (κ1) is 24.8. The average Bonchev–Trinajstić information content (AvgIpc) is 2.75. The molecule has 0 saturated carbocycles. The number of nitrogens with one attached hydrogen (secondary N) is 2. The smallest absolute Gasteiger partial charge is 0.410 e. The first-order valence-corrected chi connectivity index (χ1v) is 11.3. The maximum atomic E-state index is 12.7. The number of nitrogens with zero attached hydrogens (tertiary/aromatic N) is 3. The van der Waals surface area contributed by atoms with Crippen molar-refractivity contribution in [3.63, 3.8) is 0 Å². The van der Waals surface area contributed by atoms with Crippen LogP contribution in [0.15, 0.2) is 46.3 Å². The Morgan fingerprint density at radius 1 is 1.26 bits per heavy atom. The number of carbonyl (C=O) groups excluding carboxylic acids is 1. The van der Waals surface area contributed by atoms with Crippen molar-refractivity contribution in [2.45, 2.75) is 58.1 Å². The molecule has 2 aromatic rings. The summed E-state index contributed by atoms with van der Waals surface area (Å²) in [4.78, 5) is 33.9. The molecule has 0 spiro atoms. The van der Waals surface area contributed by atoms with Gasteiger partial charge in [-0.1, -0.05) is 17.7 Å². The number of aryl methyl sites for hydroxylation is 1. The van der Waals surface area contributed by atoms with Crippen molar-refractivity contribution < 1.29 is 9.53 Å². The number of amidine groups is 1. The quantitative estimate of drug-likeness (QED) is 0.454. The highest BCUT2D eigenvalue weighted by Crippen LogP contribution is 2.31. The van der Waals surface area contributed by atoms with Crippen LogP contribution in [-0.2, 0) is 4.74 Å². The lowest BCUT2D eigenvalue weighted by molar-refractivity contribution is 0.0179. The highest BCUT2D eigenvalue weighted by molar-refractivity contribution is 6.03. The zero-order valence-corrected chi connectivity index (χ0v) is 20.1. The second-order valence-corrected chi connectivity index (χ2v) is 9.64. The van der Waals surface area contributed by atoms with Gasteiger partial charge >= 0.3 is 6.09 Å². The van der Waals surface area contributed by atoms with E-state index in [0.717, 1.165) is 5.56 Å². The molecule has 4 N–H and O–H groups in total. The van der Waals surface area contributed by atoms with Gasteiger partial charge in [-0.15, -0.1) is 0 Å². The van der Waals surface area contributed by atoms with Crippen LogP contribution in [0.25, 0.3) is 0 Å². The molecule has 9 nitrogen and oxygen atoms in total. The molecule has 2 heterocycles. The average molecular weight is 465 g/mol. The molecule has 0 unspecified atom stereocenters. The molecule has 0 bridgehead atoms. The highest BCUT2D eigenvalue weighted by atomic mass is 16.6. The van der Waals surface area contributed by atoms with Crippen molar-refractivity contribution in [2.24, 2.45) is 10.7 Å². The fraction of sp³-hybridized carbons (Fsp3) is 0.440. The van der Waals surface area contributed by atoms with Gasteiger partial charge in [0.15, 0.2) is 0 Å². The summed E-state index contributed by atoms with van der Waals surface area (Å²) in [6.45, 7) is 8.31. The van der Waals surface area contributed by atoms with Crippen molar-refractivity contribution in [1.82, 2.24) is 9.88 Å². The van der Waals surface area contributed by atoms with Crippen molar-refractivity contribution in [1.29, 1.82) is 5.26 Å². The van der Waals surface area contributed by atoms with Gasteiger partial charge in [0, 0.05) is 19.3 Å². The highest BCUT2D eigenvalue weighted by Gasteiger charge is 2.38. The summed E-state index contributed by atoms with van der Waals surface area (Å²) in [5.74, 6) is 0.0755. The van der Waals surface area contributed by atoms with Crippen LogP contribution in [0.3, 0.4) is 0 Å². The predicted octanol–water partition coefficient (Wildman–Crippen LogP) is 3.82. The molecule has 1 amide bonds. The Morgan fingerprint density at radius 3 is 2.50 bits per heavy atom. The zero-order chi connectivity index (χ0) is 24.9. The number of ether oxygens (including phenoxy) is 1. The van der Waals surface area contributed by atoms with Crippen LogP contribution in [0.5, 0.6) is 0 Å². The van der Waals surface area contributed by atoms with E-state index < -0.39 is 11.1 Å². The van der Waals surface area contributed by atoms with E-state index in [-0.39, 0.29) is 29.5 Å². The maximum Gasteiger partial charge on any atom is 0.410 e. The number of amides is 1. The molecule has 1 aliphatic heterocycles. The number of piperidine rings is 1. The monoisotopic (exact) mass is 464 g/mol. The molecule has 0 radical (unpaired) electrons. The molecular weight excluding hydrogens is 432 g/mol. The third-order valence-electron chi connectivity index (χ3n) is 5.69. The molecule has 9 heteroatoms. The van der Waals surface area contributed by atoms with Crippen LogP contribution in [0.2, 0.25) is 0 Å². The molecule has 0 aliphatic carbocycles. The second kappa shape index (κ2) is 10.00. The number of hydrogen-bond acceptors (Lipinski definition) is 6. The van der Waals surface area contributed by atoms with Gasteiger partial charge in [0.25, 0.3) is 5.56 Å². The molecule has 1 aromatic carbocycles. The number of likely N-dealkylation sites (tertiary alicyclic amines) is 1. The van der Waals surface area contributed by atoms with Gasteiger partial charge in [0.1, 0.15) is 17.0 Å². The molecule has 1 saturated heterocycles. The van der Waals surface area contributed by atoms with Gasteiger partial charge in [0.2, 0.25) is 0 Å². The lowest BCUT2D eigenvalue weighted by atomic mass is 9.84. The van der Waals surface area contributed by atoms with Gasteiger partial charge in [0.05, 0.1) is 29.4 Å². The number of rotatable bonds is 5. The maximum absolute atomic E-state index is 12.7. The lowest BCUT2D eigenvalue weighted by Crippen LogP contribution is -2.52. The van der Waals surface area contributed by atoms with E-state index in [1.165, 1.54) is 6.20 Å². The van der Waals surface area contributed by atoms with E-state index in [4.69, 9.17) is 10.5 Å². The van der Waals surface area contributed by atoms with E-state index in [1.54, 1.807) is 11.0 Å². The van der Waals surface area contributed by atoms with Crippen LogP contribution in [-0.4, -0.2) is 46.0 Å². The van der Waals surface area contributed by atoms with Crippen LogP contribution in [0.4, 0.5) is 16.2 Å². The fourth-order valence-corrected chi connectivity index (χ4v) is 3.88. The van der Waals surface area contributed by atoms with Gasteiger partial charge in [-0.05, 0) is 58.7 Å². The Labute approximate surface area is 199 Å². The number of anilines is 1. The lowest BCUT2D eigenvalue weighted by Gasteiger charge is -2.42. The number of aromatic amines is 1. The van der Waals surface area contributed by atoms with Crippen molar-refractivity contribution in [3.8, 4) is 6.07 Å². The number of H-pyrrole nitrogens is 1. The van der Waals surface area contributed by atoms with E-state index in [9.17, 15) is 14.9 Å². The summed E-state index contributed by atoms with van der Waals surface area (Å²) in [5, 5.41) is 12.9. The second-order valence-electron chi connectivity index (χ2n) is 9.64. The zero-order valence-electron chi connectivity index (χ0n) is 20.1. The number of aliphatic imine (C=N–C) groups is 1. The summed E-state index contributed by atoms with van der Waals surface area (Å²) in [6.07, 6.45) is 2.39. The number of nitriles is 1. The number of aromatic nitrogens is 1. The summed E-state index contributed by atoms with van der Waals surface area (Å²) in [5.41, 5.74) is 7.12. The predicted molar refractivity (Wildman–Crippen MR) is 132 cm³/mol. The standard InChI is InChI=1S/C25H32N6O3/c1-17-5-7-18(8-6-17)29-21(27)20-19(9-14-28-22(20)32)30-25(10-13-26)11-15-31(16-12-25)23(33)34-24(2,3)4/h5-9,14H,10-12,15-16H2,1-4H3,(H2,27,29)(H2,28,30,32). The Bertz CT molecular complexity index is 1150. The normalized spacial score (nSPS) is 16.0. The third-order valence-corrected chi connectivity index (χ3v) is 5.69. The number of nitrogens with two attached hydrogens (primary N) is 1. The van der Waals surface area contributed by atoms with Gasteiger partial charge in [-0.2, -0.15) is 5.26 Å². The topological polar surface area (TPSA) is 137 Å². The molecule has 0 atom stereocenters. The van der Waals surface area contributed by atoms with E-state index in [0.29, 0.717) is 37.3 Å². The minimum atomic E-state index is -0.625. The Balaban J connectivity index is 1.85. The largest absolute Gasteiger partial charge is 0.444 e. The molecule has 3 rings (SSSR count). The fourth-order valence-electron chi connectivity index (χ4n) is 3.88. The van der Waals surface area contributed by atoms with Crippen molar-refractivity contribution >= 4 is 23.3 Å². The van der Waals surface area contributed by atoms with E-state index >= 15 is 0 Å². The summed E-state index contributed by atoms with van der Waals surface area (Å²) >= 11 is 0. The number of carbonyl (C=O) groups is 1.